The van der Waals surface area contributed by atoms with Gasteiger partial charge in [0, 0.05) is 18.0 Å². The Balaban J connectivity index is 1.94. The summed E-state index contributed by atoms with van der Waals surface area (Å²) in [6.45, 7) is 0. The highest BCUT2D eigenvalue weighted by Crippen LogP contribution is 2.24. The van der Waals surface area contributed by atoms with Gasteiger partial charge >= 0.3 is 0 Å². The molecule has 1 aromatic carbocycles. The van der Waals surface area contributed by atoms with Crippen LogP contribution in [0.3, 0.4) is 0 Å². The van der Waals surface area contributed by atoms with Crippen LogP contribution >= 0.6 is 23.4 Å². The van der Waals surface area contributed by atoms with Crippen LogP contribution in [-0.2, 0) is 4.79 Å². The lowest BCUT2D eigenvalue weighted by Crippen LogP contribution is -2.14. The van der Waals surface area contributed by atoms with Crippen molar-refractivity contribution >= 4 is 35.0 Å². The Kier molecular flexibility index (Phi) is 4.92. The molecule has 2 rings (SSSR count). The lowest BCUT2D eigenvalue weighted by atomic mass is 10.3. The van der Waals surface area contributed by atoms with Gasteiger partial charge < -0.3 is 5.32 Å². The summed E-state index contributed by atoms with van der Waals surface area (Å²) in [5.74, 6) is -1.86. The molecule has 2 aromatic rings. The van der Waals surface area contributed by atoms with E-state index in [0.717, 1.165) is 30.0 Å². The molecule has 0 aliphatic heterocycles. The average molecular weight is 315 g/mol. The Bertz CT molecular complexity index is 619. The number of carbonyl (C=O) groups excluding carboxylic acids is 1. The maximum Gasteiger partial charge on any atom is 0.234 e. The second kappa shape index (κ2) is 6.67. The van der Waals surface area contributed by atoms with Crippen LogP contribution in [0.4, 0.5) is 14.5 Å². The van der Waals surface area contributed by atoms with Gasteiger partial charge in [-0.05, 0) is 24.3 Å². The van der Waals surface area contributed by atoms with E-state index in [1.807, 2.05) is 0 Å². The number of benzene rings is 1. The van der Waals surface area contributed by atoms with Gasteiger partial charge in [0.2, 0.25) is 5.91 Å². The third-order valence-electron chi connectivity index (χ3n) is 2.21. The highest BCUT2D eigenvalue weighted by atomic mass is 35.5. The number of aromatic nitrogens is 1. The van der Waals surface area contributed by atoms with Gasteiger partial charge in [0.15, 0.2) is 0 Å². The normalized spacial score (nSPS) is 10.3. The molecule has 1 aromatic heterocycles. The number of amides is 1. The second-order valence-electron chi connectivity index (χ2n) is 3.79. The van der Waals surface area contributed by atoms with E-state index in [1.165, 1.54) is 0 Å². The highest BCUT2D eigenvalue weighted by Gasteiger charge is 2.08. The van der Waals surface area contributed by atoms with Crippen LogP contribution in [0.2, 0.25) is 5.02 Å². The molecule has 7 heteroatoms. The molecule has 1 amide bonds. The van der Waals surface area contributed by atoms with E-state index in [-0.39, 0.29) is 11.4 Å². The summed E-state index contributed by atoms with van der Waals surface area (Å²) in [5, 5.41) is 3.37. The second-order valence-corrected chi connectivity index (χ2v) is 5.16. The summed E-state index contributed by atoms with van der Waals surface area (Å²) in [6.07, 6.45) is 1.56. The molecule has 0 spiro atoms. The standard InChI is InChI=1S/C13H9ClF2N2OS/c14-11-2-1-3-17-13(11)20-7-12(19)18-10-5-8(15)4-9(16)6-10/h1-6H,7H2,(H,18,19). The summed E-state index contributed by atoms with van der Waals surface area (Å²) in [7, 11) is 0. The first kappa shape index (κ1) is 14.7. The highest BCUT2D eigenvalue weighted by molar-refractivity contribution is 8.00. The number of pyridine rings is 1. The zero-order valence-electron chi connectivity index (χ0n) is 10.1. The van der Waals surface area contributed by atoms with Crippen LogP contribution in [0.25, 0.3) is 0 Å². The molecule has 0 unspecified atom stereocenters. The number of carbonyl (C=O) groups is 1. The fourth-order valence-electron chi connectivity index (χ4n) is 1.43. The minimum Gasteiger partial charge on any atom is -0.325 e. The first-order chi connectivity index (χ1) is 9.54. The molecule has 3 nitrogen and oxygen atoms in total. The van der Waals surface area contributed by atoms with Gasteiger partial charge in [-0.25, -0.2) is 13.8 Å². The van der Waals surface area contributed by atoms with E-state index in [9.17, 15) is 13.6 Å². The number of nitrogens with one attached hydrogen (secondary N) is 1. The summed E-state index contributed by atoms with van der Waals surface area (Å²) in [6, 6.07) is 6.16. The van der Waals surface area contributed by atoms with Crippen molar-refractivity contribution in [2.45, 2.75) is 5.03 Å². The van der Waals surface area contributed by atoms with Crippen molar-refractivity contribution in [3.8, 4) is 0 Å². The van der Waals surface area contributed by atoms with E-state index in [1.54, 1.807) is 18.3 Å². The largest absolute Gasteiger partial charge is 0.325 e. The fraction of sp³-hybridized carbons (Fsp3) is 0.0769. The molecular formula is C13H9ClF2N2OS. The summed E-state index contributed by atoms with van der Waals surface area (Å²) >= 11 is 7.04. The molecule has 0 atom stereocenters. The van der Waals surface area contributed by atoms with Crippen LogP contribution in [0.15, 0.2) is 41.6 Å². The van der Waals surface area contributed by atoms with Crippen LogP contribution in [0, 0.1) is 11.6 Å². The predicted molar refractivity (Wildman–Crippen MR) is 75.0 cm³/mol. The lowest BCUT2D eigenvalue weighted by molar-refractivity contribution is -0.113. The molecular weight excluding hydrogens is 306 g/mol. The zero-order valence-corrected chi connectivity index (χ0v) is 11.6. The molecule has 1 heterocycles. The Morgan fingerprint density at radius 1 is 1.30 bits per heavy atom. The Morgan fingerprint density at radius 3 is 2.65 bits per heavy atom. The first-order valence-corrected chi connectivity index (χ1v) is 6.90. The molecule has 104 valence electrons. The molecule has 1 N–H and O–H groups in total. The molecule has 20 heavy (non-hydrogen) atoms. The number of hydrogen-bond donors (Lipinski definition) is 1. The van der Waals surface area contributed by atoms with Gasteiger partial charge in [0.05, 0.1) is 10.8 Å². The Morgan fingerprint density at radius 2 is 2.00 bits per heavy atom. The molecule has 0 fully saturated rings. The molecule has 0 saturated carbocycles. The van der Waals surface area contributed by atoms with Crippen LogP contribution < -0.4 is 5.32 Å². The van der Waals surface area contributed by atoms with Gasteiger partial charge in [0.25, 0.3) is 0 Å². The predicted octanol–water partition coefficient (Wildman–Crippen LogP) is 3.74. The number of halogens is 3. The van der Waals surface area contributed by atoms with Gasteiger partial charge in [-0.1, -0.05) is 23.4 Å². The number of rotatable bonds is 4. The van der Waals surface area contributed by atoms with E-state index in [2.05, 4.69) is 10.3 Å². The summed E-state index contributed by atoms with van der Waals surface area (Å²) in [5.41, 5.74) is 0.0696. The minimum atomic E-state index is -0.749. The third kappa shape index (κ3) is 4.18. The zero-order chi connectivity index (χ0) is 14.5. The van der Waals surface area contributed by atoms with E-state index in [0.29, 0.717) is 10.0 Å². The van der Waals surface area contributed by atoms with Gasteiger partial charge in [-0.3, -0.25) is 4.79 Å². The van der Waals surface area contributed by atoms with Gasteiger partial charge in [0.1, 0.15) is 16.7 Å². The van der Waals surface area contributed by atoms with Crippen molar-refractivity contribution in [2.24, 2.45) is 0 Å². The van der Waals surface area contributed by atoms with E-state index >= 15 is 0 Å². The molecule has 0 bridgehead atoms. The number of anilines is 1. The van der Waals surface area contributed by atoms with Crippen molar-refractivity contribution in [3.05, 3.63) is 53.2 Å². The topological polar surface area (TPSA) is 42.0 Å². The maximum absolute atomic E-state index is 13.0. The van der Waals surface area contributed by atoms with Crippen molar-refractivity contribution in [3.63, 3.8) is 0 Å². The van der Waals surface area contributed by atoms with E-state index < -0.39 is 17.5 Å². The number of nitrogens with zero attached hydrogens (tertiary/aromatic N) is 1. The first-order valence-electron chi connectivity index (χ1n) is 5.54. The SMILES string of the molecule is O=C(CSc1ncccc1Cl)Nc1cc(F)cc(F)c1. The van der Waals surface area contributed by atoms with E-state index in [4.69, 9.17) is 11.6 Å². The third-order valence-corrected chi connectivity index (χ3v) is 3.63. The summed E-state index contributed by atoms with van der Waals surface area (Å²) in [4.78, 5) is 15.7. The summed E-state index contributed by atoms with van der Waals surface area (Å²) < 4.78 is 25.9. The monoisotopic (exact) mass is 314 g/mol. The van der Waals surface area contributed by atoms with Crippen LogP contribution in [0.5, 0.6) is 0 Å². The number of hydrogen-bond acceptors (Lipinski definition) is 3. The van der Waals surface area contributed by atoms with Gasteiger partial charge in [-0.15, -0.1) is 0 Å². The van der Waals surface area contributed by atoms with Crippen molar-refractivity contribution in [1.82, 2.24) is 4.98 Å². The van der Waals surface area contributed by atoms with Crippen molar-refractivity contribution in [1.29, 1.82) is 0 Å². The Labute approximate surface area is 123 Å². The van der Waals surface area contributed by atoms with Crippen LogP contribution in [-0.4, -0.2) is 16.6 Å². The Hall–Kier alpha value is -1.66. The quantitative estimate of drug-likeness (QED) is 0.874. The van der Waals surface area contributed by atoms with Gasteiger partial charge in [-0.2, -0.15) is 0 Å². The fourth-order valence-corrected chi connectivity index (χ4v) is 2.40. The van der Waals surface area contributed by atoms with Crippen molar-refractivity contribution < 1.29 is 13.6 Å². The smallest absolute Gasteiger partial charge is 0.234 e. The number of thioether (sulfide) groups is 1. The molecule has 0 radical (unpaired) electrons. The van der Waals surface area contributed by atoms with Crippen molar-refractivity contribution in [2.75, 3.05) is 11.1 Å². The van der Waals surface area contributed by atoms with Crippen LogP contribution in [0.1, 0.15) is 0 Å². The average Bonchev–Trinajstić information content (AvgIpc) is 2.36. The minimum absolute atomic E-state index is 0.0366. The molecule has 0 aliphatic rings. The molecule has 0 aliphatic carbocycles. The lowest BCUT2D eigenvalue weighted by Gasteiger charge is -2.06. The maximum atomic E-state index is 13.0. The molecule has 0 saturated heterocycles.